The maximum absolute atomic E-state index is 13.2. The van der Waals surface area contributed by atoms with Crippen molar-refractivity contribution in [2.45, 2.75) is 32.7 Å². The van der Waals surface area contributed by atoms with Gasteiger partial charge in [0.2, 0.25) is 17.6 Å². The summed E-state index contributed by atoms with van der Waals surface area (Å²) in [6.07, 6.45) is 4.02. The first-order valence-corrected chi connectivity index (χ1v) is 10.7. The van der Waals surface area contributed by atoms with Crippen LogP contribution in [-0.2, 0) is 17.8 Å². The number of anilines is 1. The largest absolute Gasteiger partial charge is 0.355 e. The van der Waals surface area contributed by atoms with Crippen molar-refractivity contribution in [3.63, 3.8) is 0 Å². The Balaban J connectivity index is 1.46. The van der Waals surface area contributed by atoms with Gasteiger partial charge in [0.25, 0.3) is 0 Å². The average Bonchev–Trinajstić information content (AvgIpc) is 3.28. The number of aryl methyl sites for hydroxylation is 1. The molecule has 1 unspecified atom stereocenters. The maximum Gasteiger partial charge on any atom is 0.226 e. The van der Waals surface area contributed by atoms with Crippen LogP contribution in [0.3, 0.4) is 0 Å². The third-order valence-electron chi connectivity index (χ3n) is 5.36. The highest BCUT2D eigenvalue weighted by molar-refractivity contribution is 6.31. The number of halogens is 2. The van der Waals surface area contributed by atoms with Crippen LogP contribution in [0.1, 0.15) is 31.2 Å². The van der Waals surface area contributed by atoms with E-state index in [0.717, 1.165) is 30.8 Å². The van der Waals surface area contributed by atoms with Crippen molar-refractivity contribution in [2.24, 2.45) is 5.92 Å². The highest BCUT2D eigenvalue weighted by Crippen LogP contribution is 2.30. The number of pyridine rings is 1. The maximum atomic E-state index is 13.2. The second-order valence-electron chi connectivity index (χ2n) is 7.48. The Bertz CT molecular complexity index is 1070. The molecular weight excluding hydrogens is 421 g/mol. The van der Waals surface area contributed by atoms with Gasteiger partial charge in [0.05, 0.1) is 11.5 Å². The number of nitrogens with one attached hydrogen (secondary N) is 1. The van der Waals surface area contributed by atoms with Crippen LogP contribution in [0.25, 0.3) is 11.4 Å². The molecule has 1 aliphatic rings. The standard InChI is InChI=1S/C22H23ClFN5O2/c1-2-19-27-20(28-31-19)17-6-3-9-25-21(17)29-10-4-5-15(13-29)22(30)26-12-14-7-8-16(24)11-18(14)23/h3,6-9,11,15H,2,4-5,10,12-13H2,1H3,(H,26,30). The molecule has 1 aliphatic heterocycles. The summed E-state index contributed by atoms with van der Waals surface area (Å²) in [7, 11) is 0. The van der Waals surface area contributed by atoms with Gasteiger partial charge in [-0.25, -0.2) is 9.37 Å². The predicted molar refractivity (Wildman–Crippen MR) is 115 cm³/mol. The lowest BCUT2D eigenvalue weighted by molar-refractivity contribution is -0.125. The normalized spacial score (nSPS) is 16.4. The van der Waals surface area contributed by atoms with Crippen molar-refractivity contribution in [1.82, 2.24) is 20.4 Å². The fourth-order valence-corrected chi connectivity index (χ4v) is 3.94. The molecule has 0 bridgehead atoms. The minimum Gasteiger partial charge on any atom is -0.355 e. The van der Waals surface area contributed by atoms with Crippen LogP contribution in [0.4, 0.5) is 10.2 Å². The fraction of sp³-hybridized carbons (Fsp3) is 0.364. The summed E-state index contributed by atoms with van der Waals surface area (Å²) >= 11 is 6.06. The Morgan fingerprint density at radius 2 is 2.26 bits per heavy atom. The van der Waals surface area contributed by atoms with Gasteiger partial charge in [0.15, 0.2) is 0 Å². The molecule has 7 nitrogen and oxygen atoms in total. The summed E-state index contributed by atoms with van der Waals surface area (Å²) in [6.45, 7) is 3.53. The highest BCUT2D eigenvalue weighted by Gasteiger charge is 2.28. The molecule has 3 aromatic rings. The Morgan fingerprint density at radius 3 is 3.03 bits per heavy atom. The van der Waals surface area contributed by atoms with Gasteiger partial charge in [-0.15, -0.1) is 0 Å². The Morgan fingerprint density at radius 1 is 1.39 bits per heavy atom. The van der Waals surface area contributed by atoms with Crippen LogP contribution in [0.5, 0.6) is 0 Å². The number of carbonyl (C=O) groups is 1. The van der Waals surface area contributed by atoms with Crippen LogP contribution < -0.4 is 10.2 Å². The molecule has 3 heterocycles. The lowest BCUT2D eigenvalue weighted by atomic mass is 9.96. The summed E-state index contributed by atoms with van der Waals surface area (Å²) in [5.74, 6) is 1.15. The zero-order valence-electron chi connectivity index (χ0n) is 17.1. The zero-order chi connectivity index (χ0) is 21.8. The number of hydrogen-bond acceptors (Lipinski definition) is 6. The minimum atomic E-state index is -0.401. The Labute approximate surface area is 184 Å². The molecule has 1 atom stereocenters. The first kappa shape index (κ1) is 21.2. The molecule has 0 radical (unpaired) electrons. The third-order valence-corrected chi connectivity index (χ3v) is 5.71. The molecule has 9 heteroatoms. The molecule has 1 aromatic carbocycles. The van der Waals surface area contributed by atoms with Gasteiger partial charge < -0.3 is 14.7 Å². The van der Waals surface area contributed by atoms with Gasteiger partial charge in [-0.1, -0.05) is 29.7 Å². The van der Waals surface area contributed by atoms with Crippen LogP contribution in [-0.4, -0.2) is 34.1 Å². The monoisotopic (exact) mass is 443 g/mol. The van der Waals surface area contributed by atoms with Crippen LogP contribution in [0.15, 0.2) is 41.1 Å². The Kier molecular flexibility index (Phi) is 6.46. The van der Waals surface area contributed by atoms with E-state index in [1.807, 2.05) is 19.1 Å². The van der Waals surface area contributed by atoms with Crippen molar-refractivity contribution < 1.29 is 13.7 Å². The van der Waals surface area contributed by atoms with Gasteiger partial charge in [-0.2, -0.15) is 4.98 Å². The SMILES string of the molecule is CCc1nc(-c2cccnc2N2CCCC(C(=O)NCc3ccc(F)cc3Cl)C2)no1. The molecule has 0 aliphatic carbocycles. The number of hydrogen-bond donors (Lipinski definition) is 1. The topological polar surface area (TPSA) is 84.2 Å². The summed E-state index contributed by atoms with van der Waals surface area (Å²) in [5, 5.41) is 7.30. The zero-order valence-corrected chi connectivity index (χ0v) is 17.9. The molecule has 0 spiro atoms. The van der Waals surface area contributed by atoms with Crippen molar-refractivity contribution in [3.8, 4) is 11.4 Å². The summed E-state index contributed by atoms with van der Waals surface area (Å²) in [5.41, 5.74) is 1.46. The van der Waals surface area contributed by atoms with E-state index >= 15 is 0 Å². The van der Waals surface area contributed by atoms with Gasteiger partial charge in [0.1, 0.15) is 11.6 Å². The van der Waals surface area contributed by atoms with Crippen molar-refractivity contribution >= 4 is 23.3 Å². The van der Waals surface area contributed by atoms with Crippen molar-refractivity contribution in [1.29, 1.82) is 0 Å². The van der Waals surface area contributed by atoms with Crippen LogP contribution in [0, 0.1) is 11.7 Å². The first-order chi connectivity index (χ1) is 15.0. The second kappa shape index (κ2) is 9.43. The number of aromatic nitrogens is 3. The molecule has 0 saturated carbocycles. The van der Waals surface area contributed by atoms with E-state index in [-0.39, 0.29) is 18.4 Å². The number of rotatable bonds is 6. The van der Waals surface area contributed by atoms with Gasteiger partial charge >= 0.3 is 0 Å². The van der Waals surface area contributed by atoms with E-state index in [1.54, 1.807) is 12.3 Å². The lowest BCUT2D eigenvalue weighted by Gasteiger charge is -2.33. The molecule has 162 valence electrons. The molecule has 31 heavy (non-hydrogen) atoms. The van der Waals surface area contributed by atoms with Crippen LogP contribution in [0.2, 0.25) is 5.02 Å². The van der Waals surface area contributed by atoms with E-state index in [4.69, 9.17) is 16.1 Å². The molecule has 2 aromatic heterocycles. The number of amides is 1. The minimum absolute atomic E-state index is 0.0598. The quantitative estimate of drug-likeness (QED) is 0.619. The second-order valence-corrected chi connectivity index (χ2v) is 7.89. The number of carbonyl (C=O) groups excluding carboxylic acids is 1. The van der Waals surface area contributed by atoms with E-state index in [2.05, 4.69) is 25.3 Å². The average molecular weight is 444 g/mol. The number of piperidine rings is 1. The molecule has 1 N–H and O–H groups in total. The van der Waals surface area contributed by atoms with Gasteiger partial charge in [-0.05, 0) is 42.7 Å². The van der Waals surface area contributed by atoms with Gasteiger partial charge in [0, 0.05) is 37.3 Å². The van der Waals surface area contributed by atoms with E-state index in [9.17, 15) is 9.18 Å². The predicted octanol–water partition coefficient (Wildman–Crippen LogP) is 4.02. The summed E-state index contributed by atoms with van der Waals surface area (Å²) in [4.78, 5) is 23.9. The number of benzene rings is 1. The number of nitrogens with zero attached hydrogens (tertiary/aromatic N) is 4. The molecule has 1 fully saturated rings. The first-order valence-electron chi connectivity index (χ1n) is 10.3. The molecule has 1 amide bonds. The van der Waals surface area contributed by atoms with Crippen molar-refractivity contribution in [2.75, 3.05) is 18.0 Å². The van der Waals surface area contributed by atoms with Crippen LogP contribution >= 0.6 is 11.6 Å². The highest BCUT2D eigenvalue weighted by atomic mass is 35.5. The fourth-order valence-electron chi connectivity index (χ4n) is 3.71. The van der Waals surface area contributed by atoms with Gasteiger partial charge in [-0.3, -0.25) is 4.79 Å². The van der Waals surface area contributed by atoms with Crippen molar-refractivity contribution in [3.05, 3.63) is 58.8 Å². The Hall–Kier alpha value is -3.00. The molecule has 4 rings (SSSR count). The smallest absolute Gasteiger partial charge is 0.226 e. The summed E-state index contributed by atoms with van der Waals surface area (Å²) < 4.78 is 18.5. The molecule has 1 saturated heterocycles. The molecular formula is C22H23ClFN5O2. The lowest BCUT2D eigenvalue weighted by Crippen LogP contribution is -2.43. The van der Waals surface area contributed by atoms with E-state index < -0.39 is 5.82 Å². The summed E-state index contributed by atoms with van der Waals surface area (Å²) in [6, 6.07) is 7.91. The third kappa shape index (κ3) is 4.85. The van der Waals surface area contributed by atoms with E-state index in [1.165, 1.54) is 12.1 Å². The van der Waals surface area contributed by atoms with E-state index in [0.29, 0.717) is 35.3 Å².